The number of alkyl halides is 2. The van der Waals surface area contributed by atoms with Crippen molar-refractivity contribution in [2.24, 2.45) is 5.73 Å². The summed E-state index contributed by atoms with van der Waals surface area (Å²) in [6, 6.07) is 3.02. The van der Waals surface area contributed by atoms with Gasteiger partial charge in [0.2, 0.25) is 0 Å². The average Bonchev–Trinajstić information content (AvgIpc) is 2.36. The normalized spacial score (nSPS) is 13.0. The maximum atomic E-state index is 13.8. The van der Waals surface area contributed by atoms with E-state index in [2.05, 4.69) is 4.74 Å². The van der Waals surface area contributed by atoms with Gasteiger partial charge in [0.1, 0.15) is 5.75 Å². The zero-order valence-electron chi connectivity index (χ0n) is 9.44. The monoisotopic (exact) mass is 245 g/mol. The lowest BCUT2D eigenvalue weighted by Gasteiger charge is -2.21. The predicted molar refractivity (Wildman–Crippen MR) is 56.9 cm³/mol. The zero-order chi connectivity index (χ0) is 13.1. The molecule has 0 radical (unpaired) electrons. The number of nitrogens with two attached hydrogens (primary N) is 1. The topological polar surface area (TPSA) is 61.5 Å². The van der Waals surface area contributed by atoms with E-state index in [0.29, 0.717) is 5.75 Å². The molecular weight excluding hydrogens is 232 g/mol. The molecule has 17 heavy (non-hydrogen) atoms. The van der Waals surface area contributed by atoms with Crippen molar-refractivity contribution in [1.29, 1.82) is 0 Å². The van der Waals surface area contributed by atoms with Gasteiger partial charge in [-0.25, -0.2) is 0 Å². The third kappa shape index (κ3) is 2.71. The van der Waals surface area contributed by atoms with Crippen molar-refractivity contribution in [3.63, 3.8) is 0 Å². The molecule has 0 fully saturated rings. The van der Waals surface area contributed by atoms with Crippen LogP contribution >= 0.6 is 0 Å². The maximum absolute atomic E-state index is 13.8. The fourth-order valence-electron chi connectivity index (χ4n) is 1.27. The van der Waals surface area contributed by atoms with Crippen molar-refractivity contribution < 1.29 is 23.0 Å². The molecule has 0 aliphatic carbocycles. The molecule has 0 aliphatic rings. The Morgan fingerprint density at radius 1 is 1.29 bits per heavy atom. The van der Waals surface area contributed by atoms with Crippen LogP contribution in [0.4, 0.5) is 8.78 Å². The molecule has 0 heterocycles. The quantitative estimate of drug-likeness (QED) is 0.812. The van der Waals surface area contributed by atoms with Gasteiger partial charge >= 0.3 is 5.97 Å². The van der Waals surface area contributed by atoms with E-state index in [0.717, 1.165) is 19.2 Å². The smallest absolute Gasteiger partial charge is 0.329 e. The largest absolute Gasteiger partial charge is 0.497 e. The Kier molecular flexibility index (Phi) is 4.01. The van der Waals surface area contributed by atoms with Crippen LogP contribution in [0.1, 0.15) is 5.56 Å². The van der Waals surface area contributed by atoms with E-state index in [1.165, 1.54) is 19.2 Å². The van der Waals surface area contributed by atoms with Crippen LogP contribution in [0.25, 0.3) is 0 Å². The van der Waals surface area contributed by atoms with Crippen molar-refractivity contribution in [2.75, 3.05) is 14.2 Å². The second-order valence-corrected chi connectivity index (χ2v) is 3.35. The number of halogens is 2. The first-order valence-electron chi connectivity index (χ1n) is 4.79. The maximum Gasteiger partial charge on any atom is 0.329 e. The summed E-state index contributed by atoms with van der Waals surface area (Å²) in [6.07, 6.45) is 0. The summed E-state index contributed by atoms with van der Waals surface area (Å²) in [4.78, 5) is 11.0. The standard InChI is InChI=1S/C11H13F2NO3/c1-16-8-5-3-7(4-6-8)11(12,13)9(14)10(15)17-2/h3-6,9H,14H2,1-2H3. The minimum atomic E-state index is -3.49. The van der Waals surface area contributed by atoms with Crippen molar-refractivity contribution in [1.82, 2.24) is 0 Å². The molecule has 1 unspecified atom stereocenters. The van der Waals surface area contributed by atoms with Crippen LogP contribution in [0.2, 0.25) is 0 Å². The molecule has 1 atom stereocenters. The summed E-state index contributed by atoms with van der Waals surface area (Å²) >= 11 is 0. The van der Waals surface area contributed by atoms with Gasteiger partial charge in [-0.2, -0.15) is 8.78 Å². The summed E-state index contributed by atoms with van der Waals surface area (Å²) in [7, 11) is 2.43. The highest BCUT2D eigenvalue weighted by Crippen LogP contribution is 2.32. The van der Waals surface area contributed by atoms with E-state index >= 15 is 0 Å². The fraction of sp³-hybridized carbons (Fsp3) is 0.364. The first kappa shape index (κ1) is 13.4. The van der Waals surface area contributed by atoms with Crippen LogP contribution in [-0.2, 0) is 15.5 Å². The van der Waals surface area contributed by atoms with Crippen LogP contribution in [0.5, 0.6) is 5.75 Å². The summed E-state index contributed by atoms with van der Waals surface area (Å²) in [6.45, 7) is 0. The molecule has 0 amide bonds. The number of hydrogen-bond acceptors (Lipinski definition) is 4. The van der Waals surface area contributed by atoms with E-state index < -0.39 is 17.9 Å². The summed E-state index contributed by atoms with van der Waals surface area (Å²) in [5, 5.41) is 0. The summed E-state index contributed by atoms with van der Waals surface area (Å²) < 4.78 is 36.6. The lowest BCUT2D eigenvalue weighted by atomic mass is 10.0. The van der Waals surface area contributed by atoms with Gasteiger partial charge < -0.3 is 15.2 Å². The van der Waals surface area contributed by atoms with Crippen LogP contribution in [0.15, 0.2) is 24.3 Å². The predicted octanol–water partition coefficient (Wildman–Crippen LogP) is 1.29. The minimum Gasteiger partial charge on any atom is -0.497 e. The average molecular weight is 245 g/mol. The van der Waals surface area contributed by atoms with Gasteiger partial charge in [-0.3, -0.25) is 4.79 Å². The highest BCUT2D eigenvalue weighted by atomic mass is 19.3. The SMILES string of the molecule is COC(=O)C(N)C(F)(F)c1ccc(OC)cc1. The number of hydrogen-bond donors (Lipinski definition) is 1. The van der Waals surface area contributed by atoms with E-state index in [9.17, 15) is 13.6 Å². The molecule has 0 aliphatic heterocycles. The lowest BCUT2D eigenvalue weighted by Crippen LogP contribution is -2.45. The Balaban J connectivity index is 2.99. The Morgan fingerprint density at radius 3 is 2.24 bits per heavy atom. The molecule has 2 N–H and O–H groups in total. The number of ether oxygens (including phenoxy) is 2. The molecule has 0 aromatic heterocycles. The molecule has 6 heteroatoms. The number of esters is 1. The van der Waals surface area contributed by atoms with Gasteiger partial charge in [0.05, 0.1) is 14.2 Å². The van der Waals surface area contributed by atoms with Crippen molar-refractivity contribution in [2.45, 2.75) is 12.0 Å². The summed E-state index contributed by atoms with van der Waals surface area (Å²) in [5.74, 6) is -4.21. The van der Waals surface area contributed by atoms with Gasteiger partial charge in [-0.05, 0) is 24.3 Å². The first-order valence-corrected chi connectivity index (χ1v) is 4.79. The molecule has 1 aromatic carbocycles. The highest BCUT2D eigenvalue weighted by molar-refractivity contribution is 5.77. The number of carbonyl (C=O) groups excluding carboxylic acids is 1. The molecule has 0 spiro atoms. The molecule has 0 saturated carbocycles. The first-order chi connectivity index (χ1) is 7.93. The van der Waals surface area contributed by atoms with E-state index in [-0.39, 0.29) is 5.56 Å². The van der Waals surface area contributed by atoms with Gasteiger partial charge in [0.15, 0.2) is 6.04 Å². The van der Waals surface area contributed by atoms with Crippen LogP contribution < -0.4 is 10.5 Å². The molecule has 1 rings (SSSR count). The molecule has 1 aromatic rings. The second-order valence-electron chi connectivity index (χ2n) is 3.35. The highest BCUT2D eigenvalue weighted by Gasteiger charge is 2.44. The Bertz CT molecular complexity index is 392. The van der Waals surface area contributed by atoms with Gasteiger partial charge in [0, 0.05) is 5.56 Å². The van der Waals surface area contributed by atoms with E-state index in [1.54, 1.807) is 0 Å². The zero-order valence-corrected chi connectivity index (χ0v) is 9.44. The van der Waals surface area contributed by atoms with Gasteiger partial charge in [-0.15, -0.1) is 0 Å². The number of benzene rings is 1. The van der Waals surface area contributed by atoms with Crippen molar-refractivity contribution in [3.05, 3.63) is 29.8 Å². The third-order valence-electron chi connectivity index (χ3n) is 2.32. The fourth-order valence-corrected chi connectivity index (χ4v) is 1.27. The van der Waals surface area contributed by atoms with Crippen LogP contribution in [-0.4, -0.2) is 26.2 Å². The van der Waals surface area contributed by atoms with Gasteiger partial charge in [0.25, 0.3) is 5.92 Å². The van der Waals surface area contributed by atoms with Crippen molar-refractivity contribution in [3.8, 4) is 5.75 Å². The van der Waals surface area contributed by atoms with E-state index in [1.807, 2.05) is 0 Å². The number of rotatable bonds is 4. The molecule has 94 valence electrons. The summed E-state index contributed by atoms with van der Waals surface area (Å²) in [5.41, 5.74) is 4.79. The Labute approximate surface area is 97.3 Å². The minimum absolute atomic E-state index is 0.365. The molecule has 0 saturated heterocycles. The lowest BCUT2D eigenvalue weighted by molar-refractivity contribution is -0.153. The number of methoxy groups -OCH3 is 2. The molecule has 4 nitrogen and oxygen atoms in total. The second kappa shape index (κ2) is 5.09. The van der Waals surface area contributed by atoms with E-state index in [4.69, 9.17) is 10.5 Å². The Hall–Kier alpha value is -1.69. The molecule has 0 bridgehead atoms. The Morgan fingerprint density at radius 2 is 1.82 bits per heavy atom. The third-order valence-corrected chi connectivity index (χ3v) is 2.32. The van der Waals surface area contributed by atoms with Gasteiger partial charge in [-0.1, -0.05) is 0 Å². The van der Waals surface area contributed by atoms with Crippen molar-refractivity contribution >= 4 is 5.97 Å². The van der Waals surface area contributed by atoms with Crippen LogP contribution in [0.3, 0.4) is 0 Å². The van der Waals surface area contributed by atoms with Crippen LogP contribution in [0, 0.1) is 0 Å². The number of carbonyl (C=O) groups is 1. The molecular formula is C11H13F2NO3.